The summed E-state index contributed by atoms with van der Waals surface area (Å²) < 4.78 is 22.7. The number of aliphatic carboxylic acids is 1. The van der Waals surface area contributed by atoms with Crippen LogP contribution in [0.25, 0.3) is 0 Å². The molecule has 0 N–H and O–H groups in total. The number of rotatable bonds is 54. The fraction of sp³-hybridized carbons (Fsp3) is 0.850. The van der Waals surface area contributed by atoms with E-state index in [1.54, 1.807) is 0 Å². The zero-order valence-electron chi connectivity index (χ0n) is 45.9. The van der Waals surface area contributed by atoms with E-state index in [4.69, 9.17) is 18.9 Å². The molecule has 0 heterocycles. The van der Waals surface area contributed by atoms with Crippen molar-refractivity contribution in [2.75, 3.05) is 47.5 Å². The van der Waals surface area contributed by atoms with Crippen LogP contribution in [0.4, 0.5) is 0 Å². The third-order valence-electron chi connectivity index (χ3n) is 12.9. The van der Waals surface area contributed by atoms with Gasteiger partial charge in [-0.2, -0.15) is 0 Å². The Kier molecular flexibility index (Phi) is 50.0. The van der Waals surface area contributed by atoms with E-state index in [0.717, 1.165) is 51.4 Å². The molecule has 0 saturated carbocycles. The van der Waals surface area contributed by atoms with Crippen LogP contribution in [-0.4, -0.2) is 82.3 Å². The maximum absolute atomic E-state index is 12.9. The molecular weight excluding hydrogens is 863 g/mol. The van der Waals surface area contributed by atoms with Gasteiger partial charge in [0.05, 0.1) is 40.3 Å². The van der Waals surface area contributed by atoms with Crippen molar-refractivity contribution in [1.29, 1.82) is 0 Å². The Morgan fingerprint density at radius 3 is 1.16 bits per heavy atom. The minimum atomic E-state index is -1.62. The highest BCUT2D eigenvalue weighted by Gasteiger charge is 2.22. The smallest absolute Gasteiger partial charge is 0.306 e. The lowest BCUT2D eigenvalue weighted by atomic mass is 10.0. The Balaban J connectivity index is 4.24. The lowest BCUT2D eigenvalue weighted by Crippen LogP contribution is -2.44. The van der Waals surface area contributed by atoms with Crippen molar-refractivity contribution in [2.45, 2.75) is 283 Å². The van der Waals surface area contributed by atoms with Gasteiger partial charge in [0, 0.05) is 12.8 Å². The second-order valence-electron chi connectivity index (χ2n) is 20.9. The summed E-state index contributed by atoms with van der Waals surface area (Å²) >= 11 is 0. The molecule has 0 radical (unpaired) electrons. The molecule has 69 heavy (non-hydrogen) atoms. The number of ether oxygens (including phenoxy) is 4. The average Bonchev–Trinajstić information content (AvgIpc) is 3.31. The van der Waals surface area contributed by atoms with Gasteiger partial charge in [-0.1, -0.05) is 224 Å². The zero-order valence-corrected chi connectivity index (χ0v) is 45.9. The lowest BCUT2D eigenvalue weighted by molar-refractivity contribution is -0.870. The molecule has 2 unspecified atom stereocenters. The highest BCUT2D eigenvalue weighted by atomic mass is 16.7. The maximum atomic E-state index is 12.9. The highest BCUT2D eigenvalue weighted by Crippen LogP contribution is 2.16. The van der Waals surface area contributed by atoms with E-state index in [1.807, 2.05) is 21.1 Å². The molecule has 0 saturated heterocycles. The number of hydrogen-bond acceptors (Lipinski definition) is 8. The minimum Gasteiger partial charge on any atom is -0.545 e. The number of unbranched alkanes of at least 4 members (excludes halogenated alkanes) is 33. The number of nitrogens with zero attached hydrogens (tertiary/aromatic N) is 1. The Labute approximate surface area is 426 Å². The summed E-state index contributed by atoms with van der Waals surface area (Å²) in [5.74, 6) is -2.28. The monoisotopic (exact) mass is 974 g/mol. The first-order valence-electron chi connectivity index (χ1n) is 29.1. The van der Waals surface area contributed by atoms with E-state index >= 15 is 0 Å². The topological polar surface area (TPSA) is 111 Å². The number of carbonyl (C=O) groups excluding carboxylic acids is 3. The number of quaternary nitrogens is 1. The van der Waals surface area contributed by atoms with Gasteiger partial charge >= 0.3 is 11.9 Å². The highest BCUT2D eigenvalue weighted by molar-refractivity contribution is 5.70. The average molecular weight is 975 g/mol. The van der Waals surface area contributed by atoms with Crippen molar-refractivity contribution in [3.05, 3.63) is 36.5 Å². The van der Waals surface area contributed by atoms with Gasteiger partial charge in [0.25, 0.3) is 0 Å². The maximum Gasteiger partial charge on any atom is 0.306 e. The van der Waals surface area contributed by atoms with Crippen molar-refractivity contribution < 1.29 is 42.9 Å². The van der Waals surface area contributed by atoms with Crippen LogP contribution in [-0.2, 0) is 33.3 Å². The van der Waals surface area contributed by atoms with Crippen LogP contribution in [0, 0.1) is 0 Å². The fourth-order valence-electron chi connectivity index (χ4n) is 8.33. The lowest BCUT2D eigenvalue weighted by Gasteiger charge is -2.26. The molecule has 0 aromatic heterocycles. The van der Waals surface area contributed by atoms with Crippen molar-refractivity contribution in [2.24, 2.45) is 0 Å². The van der Waals surface area contributed by atoms with E-state index in [1.165, 1.54) is 186 Å². The van der Waals surface area contributed by atoms with Crippen LogP contribution < -0.4 is 5.11 Å². The molecule has 0 aromatic carbocycles. The predicted molar refractivity (Wildman–Crippen MR) is 288 cm³/mol. The molecule has 0 aliphatic heterocycles. The van der Waals surface area contributed by atoms with E-state index < -0.39 is 24.3 Å². The van der Waals surface area contributed by atoms with Crippen molar-refractivity contribution in [3.8, 4) is 0 Å². The largest absolute Gasteiger partial charge is 0.545 e. The quantitative estimate of drug-likeness (QED) is 0.0195. The summed E-state index contributed by atoms with van der Waals surface area (Å²) in [6.07, 6.45) is 59.0. The summed E-state index contributed by atoms with van der Waals surface area (Å²) in [6, 6.07) is 0. The van der Waals surface area contributed by atoms with Crippen LogP contribution in [0.1, 0.15) is 271 Å². The molecule has 0 fully saturated rings. The fourth-order valence-corrected chi connectivity index (χ4v) is 8.33. The van der Waals surface area contributed by atoms with Crippen LogP contribution in [0.15, 0.2) is 36.5 Å². The molecule has 0 bridgehead atoms. The first-order chi connectivity index (χ1) is 33.6. The molecule has 404 valence electrons. The van der Waals surface area contributed by atoms with Crippen LogP contribution in [0.5, 0.6) is 0 Å². The molecule has 0 amide bonds. The third-order valence-corrected chi connectivity index (χ3v) is 12.9. The molecule has 2 atom stereocenters. The van der Waals surface area contributed by atoms with Crippen molar-refractivity contribution >= 4 is 17.9 Å². The van der Waals surface area contributed by atoms with Gasteiger partial charge < -0.3 is 33.3 Å². The van der Waals surface area contributed by atoms with Gasteiger partial charge in [0.1, 0.15) is 13.2 Å². The van der Waals surface area contributed by atoms with E-state index in [9.17, 15) is 19.5 Å². The Bertz CT molecular complexity index is 1230. The van der Waals surface area contributed by atoms with Crippen LogP contribution in [0.3, 0.4) is 0 Å². The van der Waals surface area contributed by atoms with Crippen molar-refractivity contribution in [3.63, 3.8) is 0 Å². The van der Waals surface area contributed by atoms with Gasteiger partial charge in [-0.05, 0) is 70.6 Å². The van der Waals surface area contributed by atoms with Crippen molar-refractivity contribution in [1.82, 2.24) is 0 Å². The van der Waals surface area contributed by atoms with E-state index in [0.29, 0.717) is 23.9 Å². The molecule has 0 spiro atoms. The van der Waals surface area contributed by atoms with Gasteiger partial charge in [0.15, 0.2) is 12.4 Å². The SMILES string of the molecule is CCCCCCC/C=C\C/C=C\CCCCCCCCCCCC(=O)OC(COC(=O)CCCCCCCCCCCCC/C=C\CCCCCCCCCC)COC(OCC[N+](C)(C)C)C(=O)[O-]. The van der Waals surface area contributed by atoms with Crippen LogP contribution >= 0.6 is 0 Å². The number of likely N-dealkylation sites (N-methyl/N-ethyl adjacent to an activating group) is 1. The number of carbonyl (C=O) groups is 3. The molecule has 0 aromatic rings. The number of hydrogen-bond donors (Lipinski definition) is 0. The summed E-state index contributed by atoms with van der Waals surface area (Å²) in [5, 5.41) is 11.8. The Morgan fingerprint density at radius 1 is 0.435 bits per heavy atom. The van der Waals surface area contributed by atoms with E-state index in [-0.39, 0.29) is 32.2 Å². The normalized spacial score (nSPS) is 13.0. The first kappa shape index (κ1) is 66.5. The number of carboxylic acids is 1. The van der Waals surface area contributed by atoms with Gasteiger partial charge in [-0.15, -0.1) is 0 Å². The summed E-state index contributed by atoms with van der Waals surface area (Å²) in [4.78, 5) is 37.3. The minimum absolute atomic E-state index is 0.147. The Hall–Kier alpha value is -2.49. The number of allylic oxidation sites excluding steroid dienone is 6. The number of esters is 2. The summed E-state index contributed by atoms with van der Waals surface area (Å²) in [7, 11) is 5.92. The van der Waals surface area contributed by atoms with Gasteiger partial charge in [0.2, 0.25) is 0 Å². The third kappa shape index (κ3) is 53.1. The summed E-state index contributed by atoms with van der Waals surface area (Å²) in [6.45, 7) is 4.76. The Morgan fingerprint density at radius 2 is 0.783 bits per heavy atom. The molecule has 0 rings (SSSR count). The molecule has 0 aliphatic carbocycles. The van der Waals surface area contributed by atoms with Crippen LogP contribution in [0.2, 0.25) is 0 Å². The predicted octanol–water partition coefficient (Wildman–Crippen LogP) is 15.6. The van der Waals surface area contributed by atoms with Gasteiger partial charge in [-0.25, -0.2) is 0 Å². The number of carboxylic acid groups (broad SMARTS) is 1. The molecular formula is C60H111NO8. The molecule has 9 nitrogen and oxygen atoms in total. The standard InChI is InChI=1S/C60H111NO8/c1-6-8-10-12-14-16-18-20-22-24-26-28-29-31-32-34-36-38-40-42-44-46-48-50-57(62)67-54-56(55-68-60(59(64)65)66-53-52-61(3,4)5)69-58(63)51-49-47-45-43-41-39-37-35-33-30-27-25-23-21-19-17-15-13-11-9-7-2/h19,21,24-27,56,60H,6-18,20,22-23,28-55H2,1-5H3/b21-19-,26-24-,27-25-. The van der Waals surface area contributed by atoms with E-state index in [2.05, 4.69) is 50.3 Å². The first-order valence-corrected chi connectivity index (χ1v) is 29.1. The second kappa shape index (κ2) is 51.9. The summed E-state index contributed by atoms with van der Waals surface area (Å²) in [5.41, 5.74) is 0. The molecule has 9 heteroatoms. The zero-order chi connectivity index (χ0) is 50.6. The molecule has 0 aliphatic rings. The van der Waals surface area contributed by atoms with Gasteiger partial charge in [-0.3, -0.25) is 9.59 Å². The second-order valence-corrected chi connectivity index (χ2v) is 20.9.